The first kappa shape index (κ1) is 13.1. The summed E-state index contributed by atoms with van der Waals surface area (Å²) < 4.78 is 27.7. The van der Waals surface area contributed by atoms with Gasteiger partial charge in [0.25, 0.3) is 0 Å². The van der Waals surface area contributed by atoms with Gasteiger partial charge in [-0.15, -0.1) is 0 Å². The summed E-state index contributed by atoms with van der Waals surface area (Å²) in [6.07, 6.45) is 2.02. The third-order valence-corrected chi connectivity index (χ3v) is 3.94. The van der Waals surface area contributed by atoms with Gasteiger partial charge in [0.2, 0.25) is 0 Å². The Labute approximate surface area is 117 Å². The fourth-order valence-electron chi connectivity index (χ4n) is 2.69. The van der Waals surface area contributed by atoms with Gasteiger partial charge in [0.15, 0.2) is 11.6 Å². The van der Waals surface area contributed by atoms with Gasteiger partial charge in [-0.25, -0.2) is 8.78 Å². The molecule has 3 heteroatoms. The molecule has 1 aliphatic heterocycles. The molecule has 0 amide bonds. The Kier molecular flexibility index (Phi) is 3.20. The van der Waals surface area contributed by atoms with E-state index >= 15 is 0 Å². The van der Waals surface area contributed by atoms with E-state index in [1.54, 1.807) is 19.1 Å². The number of benzene rings is 2. The number of aryl methyl sites for hydroxylation is 2. The van der Waals surface area contributed by atoms with E-state index in [9.17, 15) is 8.78 Å². The number of rotatable bonds is 1. The second-order valence-electron chi connectivity index (χ2n) is 5.51. The highest BCUT2D eigenvalue weighted by Gasteiger charge is 2.17. The molecule has 1 heterocycles. The molecule has 2 aromatic rings. The maximum absolute atomic E-state index is 14.1. The second-order valence-corrected chi connectivity index (χ2v) is 5.51. The Bertz CT molecular complexity index is 664. The van der Waals surface area contributed by atoms with E-state index in [-0.39, 0.29) is 0 Å². The van der Waals surface area contributed by atoms with Crippen molar-refractivity contribution in [1.82, 2.24) is 0 Å². The van der Waals surface area contributed by atoms with Crippen molar-refractivity contribution in [2.45, 2.75) is 32.7 Å². The SMILES string of the molecule is Cc1ccc(-c2ccc3c(c2)CCC(C)N3)c(F)c1F. The van der Waals surface area contributed by atoms with Crippen molar-refractivity contribution in [3.8, 4) is 11.1 Å². The molecule has 1 N–H and O–H groups in total. The summed E-state index contributed by atoms with van der Waals surface area (Å²) in [6, 6.07) is 9.49. The monoisotopic (exact) mass is 273 g/mol. The highest BCUT2D eigenvalue weighted by Crippen LogP contribution is 2.32. The zero-order chi connectivity index (χ0) is 14.3. The maximum atomic E-state index is 14.1. The Morgan fingerprint density at radius 3 is 2.70 bits per heavy atom. The van der Waals surface area contributed by atoms with Gasteiger partial charge in [-0.05, 0) is 55.5 Å². The second kappa shape index (κ2) is 4.89. The molecule has 0 saturated carbocycles. The molecule has 1 nitrogen and oxygen atoms in total. The highest BCUT2D eigenvalue weighted by molar-refractivity contribution is 5.70. The lowest BCUT2D eigenvalue weighted by Crippen LogP contribution is -2.21. The summed E-state index contributed by atoms with van der Waals surface area (Å²) in [5.74, 6) is -1.52. The predicted octanol–water partition coefficient (Wildman–Crippen LogP) is 4.69. The first-order valence-corrected chi connectivity index (χ1v) is 6.90. The molecule has 104 valence electrons. The van der Waals surface area contributed by atoms with Crippen LogP contribution in [0.15, 0.2) is 30.3 Å². The number of hydrogen-bond donors (Lipinski definition) is 1. The zero-order valence-electron chi connectivity index (χ0n) is 11.6. The first-order valence-electron chi connectivity index (χ1n) is 6.90. The third-order valence-electron chi connectivity index (χ3n) is 3.94. The van der Waals surface area contributed by atoms with Crippen LogP contribution in [0.1, 0.15) is 24.5 Å². The lowest BCUT2D eigenvalue weighted by molar-refractivity contribution is 0.505. The van der Waals surface area contributed by atoms with Crippen molar-refractivity contribution in [2.75, 3.05) is 5.32 Å². The predicted molar refractivity (Wildman–Crippen MR) is 77.9 cm³/mol. The fraction of sp³-hybridized carbons (Fsp3) is 0.294. The van der Waals surface area contributed by atoms with Crippen molar-refractivity contribution < 1.29 is 8.78 Å². The van der Waals surface area contributed by atoms with E-state index in [1.807, 2.05) is 18.2 Å². The van der Waals surface area contributed by atoms with Crippen LogP contribution in [0.25, 0.3) is 11.1 Å². The van der Waals surface area contributed by atoms with Crippen LogP contribution in [0.4, 0.5) is 14.5 Å². The van der Waals surface area contributed by atoms with Crippen LogP contribution in [0, 0.1) is 18.6 Å². The van der Waals surface area contributed by atoms with Crippen LogP contribution in [0.5, 0.6) is 0 Å². The zero-order valence-corrected chi connectivity index (χ0v) is 11.6. The average molecular weight is 273 g/mol. The van der Waals surface area contributed by atoms with Gasteiger partial charge in [0, 0.05) is 17.3 Å². The van der Waals surface area contributed by atoms with Crippen LogP contribution >= 0.6 is 0 Å². The Balaban J connectivity index is 2.06. The molecule has 0 bridgehead atoms. The van der Waals surface area contributed by atoms with Crippen LogP contribution in [0.3, 0.4) is 0 Å². The Morgan fingerprint density at radius 1 is 1.10 bits per heavy atom. The minimum atomic E-state index is -0.762. The number of hydrogen-bond acceptors (Lipinski definition) is 1. The lowest BCUT2D eigenvalue weighted by Gasteiger charge is -2.24. The van der Waals surface area contributed by atoms with E-state index in [1.165, 1.54) is 5.56 Å². The molecule has 0 aromatic heterocycles. The van der Waals surface area contributed by atoms with Crippen molar-refractivity contribution >= 4 is 5.69 Å². The van der Waals surface area contributed by atoms with Crippen molar-refractivity contribution in [1.29, 1.82) is 0 Å². The molecule has 1 unspecified atom stereocenters. The van der Waals surface area contributed by atoms with Crippen molar-refractivity contribution in [3.05, 3.63) is 53.1 Å². The minimum Gasteiger partial charge on any atom is -0.382 e. The van der Waals surface area contributed by atoms with Gasteiger partial charge in [-0.2, -0.15) is 0 Å². The molecule has 0 aliphatic carbocycles. The van der Waals surface area contributed by atoms with Gasteiger partial charge in [-0.3, -0.25) is 0 Å². The van der Waals surface area contributed by atoms with Crippen LogP contribution in [-0.4, -0.2) is 6.04 Å². The molecule has 2 aromatic carbocycles. The van der Waals surface area contributed by atoms with Crippen LogP contribution in [0.2, 0.25) is 0 Å². The van der Waals surface area contributed by atoms with Crippen molar-refractivity contribution in [3.63, 3.8) is 0 Å². The van der Waals surface area contributed by atoms with Crippen LogP contribution in [-0.2, 0) is 6.42 Å². The van der Waals surface area contributed by atoms with Gasteiger partial charge in [-0.1, -0.05) is 18.2 Å². The van der Waals surface area contributed by atoms with Gasteiger partial charge in [0.05, 0.1) is 0 Å². The van der Waals surface area contributed by atoms with Gasteiger partial charge < -0.3 is 5.32 Å². The lowest BCUT2D eigenvalue weighted by atomic mass is 9.94. The fourth-order valence-corrected chi connectivity index (χ4v) is 2.69. The minimum absolute atomic E-state index is 0.328. The van der Waals surface area contributed by atoms with Gasteiger partial charge >= 0.3 is 0 Å². The Morgan fingerprint density at radius 2 is 1.90 bits per heavy atom. The molecule has 1 atom stereocenters. The van der Waals surface area contributed by atoms with E-state index in [0.717, 1.165) is 24.1 Å². The van der Waals surface area contributed by atoms with E-state index in [2.05, 4.69) is 12.2 Å². The summed E-state index contributed by atoms with van der Waals surface area (Å²) >= 11 is 0. The molecule has 0 radical (unpaired) electrons. The Hall–Kier alpha value is -1.90. The highest BCUT2D eigenvalue weighted by atomic mass is 19.2. The molecular formula is C17H17F2N. The van der Waals surface area contributed by atoms with Gasteiger partial charge in [0.1, 0.15) is 0 Å². The summed E-state index contributed by atoms with van der Waals surface area (Å²) in [5, 5.41) is 3.41. The topological polar surface area (TPSA) is 12.0 Å². The largest absolute Gasteiger partial charge is 0.382 e. The molecule has 0 spiro atoms. The summed E-state index contributed by atoms with van der Waals surface area (Å²) in [5.41, 5.74) is 3.66. The number of fused-ring (bicyclic) bond motifs is 1. The number of halogens is 2. The molecule has 0 saturated heterocycles. The molecule has 1 aliphatic rings. The quantitative estimate of drug-likeness (QED) is 0.795. The molecular weight excluding hydrogens is 256 g/mol. The third kappa shape index (κ3) is 2.17. The number of anilines is 1. The van der Waals surface area contributed by atoms with E-state index in [0.29, 0.717) is 17.2 Å². The summed E-state index contributed by atoms with van der Waals surface area (Å²) in [4.78, 5) is 0. The van der Waals surface area contributed by atoms with Crippen molar-refractivity contribution in [2.24, 2.45) is 0 Å². The smallest absolute Gasteiger partial charge is 0.166 e. The average Bonchev–Trinajstić information content (AvgIpc) is 2.44. The summed E-state index contributed by atoms with van der Waals surface area (Å²) in [7, 11) is 0. The standard InChI is InChI=1S/C17H17F2N/c1-10-3-7-14(17(19)16(10)18)12-6-8-15-13(9-12)5-4-11(2)20-15/h3,6-9,11,20H,4-5H2,1-2H3. The molecule has 0 fully saturated rings. The normalized spacial score (nSPS) is 17.5. The number of nitrogens with one attached hydrogen (secondary N) is 1. The van der Waals surface area contributed by atoms with E-state index < -0.39 is 11.6 Å². The van der Waals surface area contributed by atoms with E-state index in [4.69, 9.17) is 0 Å². The van der Waals surface area contributed by atoms with Crippen LogP contribution < -0.4 is 5.32 Å². The first-order chi connectivity index (χ1) is 9.56. The molecule has 20 heavy (non-hydrogen) atoms. The maximum Gasteiger partial charge on any atom is 0.166 e. The molecule has 3 rings (SSSR count). The summed E-state index contributed by atoms with van der Waals surface area (Å²) in [6.45, 7) is 3.71.